The van der Waals surface area contributed by atoms with Crippen LogP contribution in [0.5, 0.6) is 11.5 Å². The molecular weight excluding hydrogens is 564 g/mol. The van der Waals surface area contributed by atoms with E-state index in [0.717, 1.165) is 64.7 Å². The lowest BCUT2D eigenvalue weighted by Crippen LogP contribution is -2.01. The summed E-state index contributed by atoms with van der Waals surface area (Å²) in [5, 5.41) is 7.42. The number of rotatable bonds is 8. The second-order valence-corrected chi connectivity index (χ2v) is 12.1. The molecule has 0 saturated heterocycles. The maximum atomic E-state index is 6.54. The summed E-state index contributed by atoms with van der Waals surface area (Å²) in [7, 11) is 0. The number of para-hydroxylation sites is 1. The summed E-state index contributed by atoms with van der Waals surface area (Å²) in [4.78, 5) is 4.72. The van der Waals surface area contributed by atoms with Gasteiger partial charge in [-0.2, -0.15) is 5.10 Å². The van der Waals surface area contributed by atoms with E-state index in [9.17, 15) is 0 Å². The lowest BCUT2D eigenvalue weighted by Gasteiger charge is -2.16. The number of hydrogen-bond acceptors (Lipinski definition) is 3. The van der Waals surface area contributed by atoms with E-state index in [1.165, 1.54) is 44.2 Å². The number of aryl methyl sites for hydroxylation is 5. The second kappa shape index (κ2) is 12.0. The Labute approximate surface area is 271 Å². The minimum absolute atomic E-state index is 0.762. The molecule has 0 aliphatic carbocycles. The van der Waals surface area contributed by atoms with Crippen molar-refractivity contribution in [3.63, 3.8) is 0 Å². The van der Waals surface area contributed by atoms with Gasteiger partial charge in [-0.25, -0.2) is 9.67 Å². The van der Waals surface area contributed by atoms with Crippen molar-refractivity contribution in [2.24, 2.45) is 0 Å². The Kier molecular flexibility index (Phi) is 7.69. The molecule has 230 valence electrons. The molecule has 46 heavy (non-hydrogen) atoms. The van der Waals surface area contributed by atoms with Gasteiger partial charge in [-0.05, 0) is 110 Å². The Hall–Kier alpha value is -5.16. The summed E-state index contributed by atoms with van der Waals surface area (Å²) in [6.45, 7) is 13.1. The molecule has 0 amide bonds. The van der Waals surface area contributed by atoms with E-state index in [2.05, 4.69) is 124 Å². The van der Waals surface area contributed by atoms with Crippen LogP contribution in [0.3, 0.4) is 0 Å². The first-order chi connectivity index (χ1) is 22.4. The smallest absolute Gasteiger partial charge is 0.137 e. The van der Waals surface area contributed by atoms with Gasteiger partial charge in [0.1, 0.15) is 17.3 Å². The Morgan fingerprint density at radius 1 is 0.652 bits per heavy atom. The number of pyridine rings is 1. The largest absolute Gasteiger partial charge is 0.457 e. The number of nitrogens with zero attached hydrogens (tertiary/aromatic N) is 4. The number of benzene rings is 4. The van der Waals surface area contributed by atoms with Crippen molar-refractivity contribution in [2.45, 2.75) is 60.8 Å². The van der Waals surface area contributed by atoms with Gasteiger partial charge in [-0.15, -0.1) is 0 Å². The number of hydrogen-bond donors (Lipinski definition) is 0. The predicted octanol–water partition coefficient (Wildman–Crippen LogP) is 10.4. The molecule has 7 rings (SSSR count). The molecular formula is C41H40N4O. The highest BCUT2D eigenvalue weighted by Crippen LogP contribution is 2.38. The van der Waals surface area contributed by atoms with E-state index >= 15 is 0 Å². The Morgan fingerprint density at radius 3 is 2.13 bits per heavy atom. The summed E-state index contributed by atoms with van der Waals surface area (Å²) >= 11 is 0. The van der Waals surface area contributed by atoms with Crippen molar-refractivity contribution in [3.05, 3.63) is 131 Å². The minimum Gasteiger partial charge on any atom is -0.457 e. The fourth-order valence-electron chi connectivity index (χ4n) is 6.90. The highest BCUT2D eigenvalue weighted by molar-refractivity contribution is 6.09. The van der Waals surface area contributed by atoms with Crippen LogP contribution < -0.4 is 4.74 Å². The van der Waals surface area contributed by atoms with Gasteiger partial charge in [0, 0.05) is 40.4 Å². The quantitative estimate of drug-likeness (QED) is 0.173. The van der Waals surface area contributed by atoms with E-state index < -0.39 is 0 Å². The standard InChI is InChI=1S/C41H40N4O/c1-7-29-22-30(8-2)41(31(9-3)23-29)40-27(5)43-45(28(40)6)32-13-12-14-33(24-32)46-34-17-18-36-35-15-10-11-16-37(35)44(38(36)25-34)39-21-26(4)19-20-42-39/h10-25H,7-9H2,1-6H3. The van der Waals surface area contributed by atoms with Crippen LogP contribution in [0.15, 0.2) is 97.2 Å². The van der Waals surface area contributed by atoms with Gasteiger partial charge in [0.25, 0.3) is 0 Å². The first kappa shape index (κ1) is 29.5. The van der Waals surface area contributed by atoms with Gasteiger partial charge in [0.15, 0.2) is 0 Å². The maximum absolute atomic E-state index is 6.54. The number of aromatic nitrogens is 4. The minimum atomic E-state index is 0.762. The Balaban J connectivity index is 1.28. The normalized spacial score (nSPS) is 11.5. The summed E-state index contributed by atoms with van der Waals surface area (Å²) in [6, 6.07) is 31.9. The van der Waals surface area contributed by atoms with E-state index in [1.54, 1.807) is 0 Å². The molecule has 0 bridgehead atoms. The zero-order valence-corrected chi connectivity index (χ0v) is 27.6. The van der Waals surface area contributed by atoms with E-state index in [1.807, 2.05) is 24.4 Å². The molecule has 7 aromatic rings. The first-order valence-corrected chi connectivity index (χ1v) is 16.4. The summed E-state index contributed by atoms with van der Waals surface area (Å²) in [5.41, 5.74) is 13.3. The van der Waals surface area contributed by atoms with Crippen LogP contribution >= 0.6 is 0 Å². The molecule has 0 radical (unpaired) electrons. The molecule has 0 aliphatic heterocycles. The zero-order chi connectivity index (χ0) is 31.9. The van der Waals surface area contributed by atoms with Gasteiger partial charge in [0.05, 0.1) is 22.4 Å². The molecule has 3 heterocycles. The van der Waals surface area contributed by atoms with E-state index in [4.69, 9.17) is 14.8 Å². The van der Waals surface area contributed by atoms with Crippen LogP contribution in [0.1, 0.15) is 54.4 Å². The molecule has 0 atom stereocenters. The van der Waals surface area contributed by atoms with Gasteiger partial charge >= 0.3 is 0 Å². The average molecular weight is 605 g/mol. The highest BCUT2D eigenvalue weighted by atomic mass is 16.5. The lowest BCUT2D eigenvalue weighted by molar-refractivity contribution is 0.482. The van der Waals surface area contributed by atoms with Gasteiger partial charge < -0.3 is 4.74 Å². The topological polar surface area (TPSA) is 44.9 Å². The van der Waals surface area contributed by atoms with Crippen molar-refractivity contribution in [1.82, 2.24) is 19.3 Å². The van der Waals surface area contributed by atoms with Gasteiger partial charge in [-0.1, -0.05) is 57.2 Å². The molecule has 3 aromatic heterocycles. The lowest BCUT2D eigenvalue weighted by atomic mass is 9.88. The average Bonchev–Trinajstić information content (AvgIpc) is 3.56. The first-order valence-electron chi connectivity index (χ1n) is 16.4. The molecule has 4 aromatic carbocycles. The molecule has 5 heteroatoms. The van der Waals surface area contributed by atoms with E-state index in [-0.39, 0.29) is 0 Å². The zero-order valence-electron chi connectivity index (χ0n) is 27.6. The van der Waals surface area contributed by atoms with Crippen molar-refractivity contribution >= 4 is 21.8 Å². The monoisotopic (exact) mass is 604 g/mol. The second-order valence-electron chi connectivity index (χ2n) is 12.1. The van der Waals surface area contributed by atoms with Crippen LogP contribution in [0, 0.1) is 20.8 Å². The van der Waals surface area contributed by atoms with Crippen molar-refractivity contribution in [1.29, 1.82) is 0 Å². The third-order valence-corrected chi connectivity index (χ3v) is 9.15. The molecule has 0 fully saturated rings. The SMILES string of the molecule is CCc1cc(CC)c(-c2c(C)nn(-c3cccc(Oc4ccc5c6ccccc6n(-c6cc(C)ccn6)c5c4)c3)c2C)c(CC)c1. The molecule has 0 unspecified atom stereocenters. The molecule has 0 spiro atoms. The van der Waals surface area contributed by atoms with Crippen LogP contribution in [0.2, 0.25) is 0 Å². The van der Waals surface area contributed by atoms with Crippen LogP contribution in [-0.4, -0.2) is 19.3 Å². The fourth-order valence-corrected chi connectivity index (χ4v) is 6.90. The van der Waals surface area contributed by atoms with Crippen molar-refractivity contribution in [3.8, 4) is 34.1 Å². The molecule has 5 nitrogen and oxygen atoms in total. The third-order valence-electron chi connectivity index (χ3n) is 9.15. The highest BCUT2D eigenvalue weighted by Gasteiger charge is 2.21. The molecule has 0 saturated carbocycles. The van der Waals surface area contributed by atoms with Crippen molar-refractivity contribution in [2.75, 3.05) is 0 Å². The molecule has 0 aliphatic rings. The van der Waals surface area contributed by atoms with Crippen LogP contribution in [0.25, 0.3) is 44.4 Å². The predicted molar refractivity (Wildman–Crippen MR) is 190 cm³/mol. The maximum Gasteiger partial charge on any atom is 0.137 e. The Morgan fingerprint density at radius 2 is 1.39 bits per heavy atom. The van der Waals surface area contributed by atoms with Gasteiger partial charge in [0.2, 0.25) is 0 Å². The summed E-state index contributed by atoms with van der Waals surface area (Å²) < 4.78 is 10.8. The van der Waals surface area contributed by atoms with E-state index in [0.29, 0.717) is 0 Å². The number of ether oxygens (including phenoxy) is 1. The van der Waals surface area contributed by atoms with Crippen LogP contribution in [0.4, 0.5) is 0 Å². The summed E-state index contributed by atoms with van der Waals surface area (Å²) in [6.07, 6.45) is 4.90. The third kappa shape index (κ3) is 5.06. The fraction of sp³-hybridized carbons (Fsp3) is 0.220. The number of fused-ring (bicyclic) bond motifs is 3. The summed E-state index contributed by atoms with van der Waals surface area (Å²) in [5.74, 6) is 2.43. The Bertz CT molecular complexity index is 2210. The van der Waals surface area contributed by atoms with Gasteiger partial charge in [-0.3, -0.25) is 4.57 Å². The van der Waals surface area contributed by atoms with Crippen LogP contribution in [-0.2, 0) is 19.3 Å². The van der Waals surface area contributed by atoms with Crippen molar-refractivity contribution < 1.29 is 4.74 Å². The molecule has 0 N–H and O–H groups in total.